The van der Waals surface area contributed by atoms with E-state index in [0.29, 0.717) is 32.2 Å². The van der Waals surface area contributed by atoms with Crippen molar-refractivity contribution >= 4 is 0 Å². The van der Waals surface area contributed by atoms with Crippen LogP contribution in [0.5, 0.6) is 5.88 Å². The maximum atomic E-state index is 5.44. The van der Waals surface area contributed by atoms with Gasteiger partial charge in [-0.05, 0) is 12.5 Å². The summed E-state index contributed by atoms with van der Waals surface area (Å²) in [5.74, 6) is 0.613. The lowest BCUT2D eigenvalue weighted by molar-refractivity contribution is 0.108. The molecule has 0 amide bonds. The average molecular weight is 196 g/mol. The van der Waals surface area contributed by atoms with Gasteiger partial charge in [0.05, 0.1) is 6.61 Å². The van der Waals surface area contributed by atoms with Crippen LogP contribution in [0.4, 0.5) is 0 Å². The molecular weight excluding hydrogens is 180 g/mol. The second kappa shape index (κ2) is 6.34. The molecular formula is C10H16N2O2. The Balaban J connectivity index is 2.29. The Morgan fingerprint density at radius 3 is 2.79 bits per heavy atom. The first-order chi connectivity index (χ1) is 6.86. The van der Waals surface area contributed by atoms with E-state index in [1.54, 1.807) is 6.20 Å². The zero-order chi connectivity index (χ0) is 10.2. The summed E-state index contributed by atoms with van der Waals surface area (Å²) in [6.07, 6.45) is 1.72. The Hall–Kier alpha value is -1.13. The van der Waals surface area contributed by atoms with Crippen LogP contribution in [0.1, 0.15) is 12.5 Å². The van der Waals surface area contributed by atoms with Crippen LogP contribution in [0.3, 0.4) is 0 Å². The van der Waals surface area contributed by atoms with E-state index in [0.717, 1.165) is 5.56 Å². The molecule has 0 spiro atoms. The van der Waals surface area contributed by atoms with E-state index < -0.39 is 0 Å². The average Bonchev–Trinajstić information content (AvgIpc) is 2.25. The molecule has 1 aromatic heterocycles. The first kappa shape index (κ1) is 10.9. The molecule has 2 N–H and O–H groups in total. The van der Waals surface area contributed by atoms with Crippen LogP contribution >= 0.6 is 0 Å². The van der Waals surface area contributed by atoms with Crippen molar-refractivity contribution in [1.29, 1.82) is 0 Å². The fraction of sp³-hybridized carbons (Fsp3) is 0.500. The zero-order valence-corrected chi connectivity index (χ0v) is 8.40. The molecule has 1 rings (SSSR count). The van der Waals surface area contributed by atoms with Gasteiger partial charge in [0.25, 0.3) is 0 Å². The van der Waals surface area contributed by atoms with Crippen molar-refractivity contribution < 1.29 is 9.47 Å². The third-order valence-corrected chi connectivity index (χ3v) is 1.72. The summed E-state index contributed by atoms with van der Waals surface area (Å²) in [5, 5.41) is 0. The van der Waals surface area contributed by atoms with Gasteiger partial charge in [0, 0.05) is 25.4 Å². The van der Waals surface area contributed by atoms with Gasteiger partial charge >= 0.3 is 0 Å². The van der Waals surface area contributed by atoms with Crippen molar-refractivity contribution in [2.75, 3.05) is 19.8 Å². The lowest BCUT2D eigenvalue weighted by atomic mass is 10.3. The lowest BCUT2D eigenvalue weighted by Gasteiger charge is -2.05. The van der Waals surface area contributed by atoms with Crippen LogP contribution in [0.25, 0.3) is 0 Å². The van der Waals surface area contributed by atoms with Crippen LogP contribution in [-0.4, -0.2) is 24.8 Å². The number of ether oxygens (including phenoxy) is 2. The van der Waals surface area contributed by atoms with Gasteiger partial charge in [0.2, 0.25) is 5.88 Å². The van der Waals surface area contributed by atoms with E-state index in [2.05, 4.69) is 4.98 Å². The molecule has 78 valence electrons. The molecule has 1 aromatic rings. The molecule has 0 saturated heterocycles. The topological polar surface area (TPSA) is 57.4 Å². The molecule has 0 aromatic carbocycles. The predicted octanol–water partition coefficient (Wildman–Crippen LogP) is 0.956. The van der Waals surface area contributed by atoms with E-state index in [4.69, 9.17) is 15.2 Å². The number of aromatic nitrogens is 1. The molecule has 0 unspecified atom stereocenters. The van der Waals surface area contributed by atoms with Crippen LogP contribution in [0.2, 0.25) is 0 Å². The Morgan fingerprint density at radius 1 is 1.36 bits per heavy atom. The lowest BCUT2D eigenvalue weighted by Crippen LogP contribution is -2.07. The van der Waals surface area contributed by atoms with Crippen molar-refractivity contribution in [3.05, 3.63) is 23.9 Å². The molecule has 0 aliphatic rings. The van der Waals surface area contributed by atoms with Gasteiger partial charge in [-0.25, -0.2) is 4.98 Å². The standard InChI is InChI=1S/C10H16N2O2/c1-2-13-5-6-14-10-4-3-9(7-11)8-12-10/h3-4,8H,2,5-7,11H2,1H3. The fourth-order valence-electron chi connectivity index (χ4n) is 0.967. The van der Waals surface area contributed by atoms with Crippen molar-refractivity contribution in [3.63, 3.8) is 0 Å². The Morgan fingerprint density at radius 2 is 2.21 bits per heavy atom. The molecule has 0 atom stereocenters. The normalized spacial score (nSPS) is 10.1. The third-order valence-electron chi connectivity index (χ3n) is 1.72. The zero-order valence-electron chi connectivity index (χ0n) is 8.40. The van der Waals surface area contributed by atoms with Gasteiger partial charge in [-0.1, -0.05) is 6.07 Å². The molecule has 14 heavy (non-hydrogen) atoms. The predicted molar refractivity (Wildman–Crippen MR) is 54.1 cm³/mol. The highest BCUT2D eigenvalue weighted by Crippen LogP contribution is 2.06. The van der Waals surface area contributed by atoms with Gasteiger partial charge < -0.3 is 15.2 Å². The first-order valence-corrected chi connectivity index (χ1v) is 4.72. The smallest absolute Gasteiger partial charge is 0.213 e. The largest absolute Gasteiger partial charge is 0.475 e. The highest BCUT2D eigenvalue weighted by atomic mass is 16.5. The van der Waals surface area contributed by atoms with Gasteiger partial charge in [0.15, 0.2) is 0 Å². The number of rotatable bonds is 6. The molecule has 0 fully saturated rings. The minimum Gasteiger partial charge on any atom is -0.475 e. The highest BCUT2D eigenvalue weighted by molar-refractivity contribution is 5.17. The summed E-state index contributed by atoms with van der Waals surface area (Å²) in [7, 11) is 0. The van der Waals surface area contributed by atoms with Crippen molar-refractivity contribution in [3.8, 4) is 5.88 Å². The van der Waals surface area contributed by atoms with E-state index in [9.17, 15) is 0 Å². The van der Waals surface area contributed by atoms with Crippen molar-refractivity contribution in [2.45, 2.75) is 13.5 Å². The summed E-state index contributed by atoms with van der Waals surface area (Å²) in [4.78, 5) is 4.09. The molecule has 4 nitrogen and oxygen atoms in total. The monoisotopic (exact) mass is 196 g/mol. The first-order valence-electron chi connectivity index (χ1n) is 4.72. The second-order valence-electron chi connectivity index (χ2n) is 2.75. The Labute approximate surface area is 84.0 Å². The summed E-state index contributed by atoms with van der Waals surface area (Å²) < 4.78 is 10.5. The minimum atomic E-state index is 0.506. The minimum absolute atomic E-state index is 0.506. The summed E-state index contributed by atoms with van der Waals surface area (Å²) in [5.41, 5.74) is 6.44. The number of hydrogen-bond donors (Lipinski definition) is 1. The van der Waals surface area contributed by atoms with Crippen LogP contribution < -0.4 is 10.5 Å². The molecule has 0 aliphatic heterocycles. The number of nitrogens with zero attached hydrogens (tertiary/aromatic N) is 1. The second-order valence-corrected chi connectivity index (χ2v) is 2.75. The number of pyridine rings is 1. The van der Waals surface area contributed by atoms with Gasteiger partial charge in [-0.3, -0.25) is 0 Å². The summed E-state index contributed by atoms with van der Waals surface area (Å²) >= 11 is 0. The summed E-state index contributed by atoms with van der Waals surface area (Å²) in [6, 6.07) is 3.72. The number of nitrogens with two attached hydrogens (primary N) is 1. The van der Waals surface area contributed by atoms with Crippen LogP contribution in [0, 0.1) is 0 Å². The third kappa shape index (κ3) is 3.72. The van der Waals surface area contributed by atoms with Gasteiger partial charge in [0.1, 0.15) is 6.61 Å². The van der Waals surface area contributed by atoms with Crippen LogP contribution in [-0.2, 0) is 11.3 Å². The maximum Gasteiger partial charge on any atom is 0.213 e. The number of hydrogen-bond acceptors (Lipinski definition) is 4. The summed E-state index contributed by atoms with van der Waals surface area (Å²) in [6.45, 7) is 4.29. The van der Waals surface area contributed by atoms with Gasteiger partial charge in [-0.2, -0.15) is 0 Å². The Bertz CT molecular complexity index is 249. The molecule has 0 bridgehead atoms. The van der Waals surface area contributed by atoms with Crippen molar-refractivity contribution in [2.24, 2.45) is 5.73 Å². The van der Waals surface area contributed by atoms with Crippen molar-refractivity contribution in [1.82, 2.24) is 4.98 Å². The molecule has 0 aliphatic carbocycles. The molecule has 1 heterocycles. The fourth-order valence-corrected chi connectivity index (χ4v) is 0.967. The Kier molecular flexibility index (Phi) is 4.96. The molecule has 0 radical (unpaired) electrons. The van der Waals surface area contributed by atoms with E-state index in [1.807, 2.05) is 19.1 Å². The molecule has 0 saturated carbocycles. The highest BCUT2D eigenvalue weighted by Gasteiger charge is 1.95. The van der Waals surface area contributed by atoms with E-state index in [1.165, 1.54) is 0 Å². The maximum absolute atomic E-state index is 5.44. The van der Waals surface area contributed by atoms with Gasteiger partial charge in [-0.15, -0.1) is 0 Å². The quantitative estimate of drug-likeness (QED) is 0.688. The van der Waals surface area contributed by atoms with E-state index >= 15 is 0 Å². The molecule has 4 heteroatoms. The van der Waals surface area contributed by atoms with E-state index in [-0.39, 0.29) is 0 Å². The van der Waals surface area contributed by atoms with Crippen LogP contribution in [0.15, 0.2) is 18.3 Å². The SMILES string of the molecule is CCOCCOc1ccc(CN)cn1.